The molecular formula is C17H26N2O3. The minimum atomic E-state index is -0.0221. The SMILES string of the molecule is CCOCCC(=O)Nc1ccccc1N1CCC(CO)CC1. The molecule has 2 N–H and O–H groups in total. The first kappa shape index (κ1) is 16.8. The lowest BCUT2D eigenvalue weighted by molar-refractivity contribution is -0.117. The van der Waals surface area contributed by atoms with Crippen LogP contribution in [-0.2, 0) is 9.53 Å². The summed E-state index contributed by atoms with van der Waals surface area (Å²) in [4.78, 5) is 14.3. The summed E-state index contributed by atoms with van der Waals surface area (Å²) < 4.78 is 5.22. The number of ether oxygens (including phenoxy) is 1. The van der Waals surface area contributed by atoms with E-state index in [-0.39, 0.29) is 12.5 Å². The molecule has 1 aliphatic rings. The van der Waals surface area contributed by atoms with Gasteiger partial charge < -0.3 is 20.1 Å². The molecule has 0 aromatic heterocycles. The number of hydrogen-bond donors (Lipinski definition) is 2. The number of aliphatic hydroxyl groups is 1. The number of para-hydroxylation sites is 2. The first-order valence-electron chi connectivity index (χ1n) is 8.07. The third-order valence-electron chi connectivity index (χ3n) is 4.07. The molecule has 0 saturated carbocycles. The van der Waals surface area contributed by atoms with Gasteiger partial charge in [-0.2, -0.15) is 0 Å². The van der Waals surface area contributed by atoms with Gasteiger partial charge in [0, 0.05) is 26.3 Å². The van der Waals surface area contributed by atoms with Crippen molar-refractivity contribution in [3.05, 3.63) is 24.3 Å². The summed E-state index contributed by atoms with van der Waals surface area (Å²) in [5.41, 5.74) is 1.91. The van der Waals surface area contributed by atoms with E-state index in [4.69, 9.17) is 4.74 Å². The normalized spacial score (nSPS) is 15.8. The van der Waals surface area contributed by atoms with Crippen LogP contribution in [0.3, 0.4) is 0 Å². The van der Waals surface area contributed by atoms with Gasteiger partial charge in [-0.3, -0.25) is 4.79 Å². The van der Waals surface area contributed by atoms with E-state index >= 15 is 0 Å². The number of amides is 1. The summed E-state index contributed by atoms with van der Waals surface area (Å²) in [5.74, 6) is 0.385. The Balaban J connectivity index is 1.96. The second-order valence-electron chi connectivity index (χ2n) is 5.63. The Kier molecular flexibility index (Phi) is 6.68. The second-order valence-corrected chi connectivity index (χ2v) is 5.63. The fourth-order valence-electron chi connectivity index (χ4n) is 2.73. The smallest absolute Gasteiger partial charge is 0.226 e. The van der Waals surface area contributed by atoms with Crippen molar-refractivity contribution in [3.8, 4) is 0 Å². The monoisotopic (exact) mass is 306 g/mol. The molecule has 0 bridgehead atoms. The van der Waals surface area contributed by atoms with Crippen molar-refractivity contribution < 1.29 is 14.6 Å². The van der Waals surface area contributed by atoms with E-state index < -0.39 is 0 Å². The zero-order chi connectivity index (χ0) is 15.8. The van der Waals surface area contributed by atoms with Crippen molar-refractivity contribution in [3.63, 3.8) is 0 Å². The number of rotatable bonds is 7. The van der Waals surface area contributed by atoms with Crippen molar-refractivity contribution in [2.24, 2.45) is 5.92 Å². The van der Waals surface area contributed by atoms with Gasteiger partial charge in [0.15, 0.2) is 0 Å². The Hall–Kier alpha value is -1.59. The van der Waals surface area contributed by atoms with E-state index in [0.29, 0.717) is 25.6 Å². The van der Waals surface area contributed by atoms with Crippen molar-refractivity contribution >= 4 is 17.3 Å². The number of benzene rings is 1. The van der Waals surface area contributed by atoms with E-state index in [1.165, 1.54) is 0 Å². The van der Waals surface area contributed by atoms with Crippen LogP contribution in [0.15, 0.2) is 24.3 Å². The van der Waals surface area contributed by atoms with E-state index in [9.17, 15) is 9.90 Å². The topological polar surface area (TPSA) is 61.8 Å². The van der Waals surface area contributed by atoms with E-state index in [1.54, 1.807) is 0 Å². The number of anilines is 2. The summed E-state index contributed by atoms with van der Waals surface area (Å²) in [6, 6.07) is 7.90. The van der Waals surface area contributed by atoms with Gasteiger partial charge in [-0.15, -0.1) is 0 Å². The van der Waals surface area contributed by atoms with Gasteiger partial charge in [0.2, 0.25) is 5.91 Å². The van der Waals surface area contributed by atoms with Crippen LogP contribution in [0, 0.1) is 5.92 Å². The summed E-state index contributed by atoms with van der Waals surface area (Å²) in [6.45, 7) is 5.09. The molecular weight excluding hydrogens is 280 g/mol. The highest BCUT2D eigenvalue weighted by molar-refractivity contribution is 5.94. The summed E-state index contributed by atoms with van der Waals surface area (Å²) >= 11 is 0. The Morgan fingerprint density at radius 3 is 2.77 bits per heavy atom. The molecule has 0 radical (unpaired) electrons. The minimum Gasteiger partial charge on any atom is -0.396 e. The van der Waals surface area contributed by atoms with Gasteiger partial charge in [0.25, 0.3) is 0 Å². The molecule has 1 aromatic rings. The third-order valence-corrected chi connectivity index (χ3v) is 4.07. The van der Waals surface area contributed by atoms with E-state index in [2.05, 4.69) is 10.2 Å². The molecule has 1 aliphatic heterocycles. The summed E-state index contributed by atoms with van der Waals surface area (Å²) in [5, 5.41) is 12.2. The molecule has 1 aromatic carbocycles. The van der Waals surface area contributed by atoms with Crippen LogP contribution in [0.2, 0.25) is 0 Å². The predicted molar refractivity (Wildman–Crippen MR) is 88.2 cm³/mol. The molecule has 1 amide bonds. The fraction of sp³-hybridized carbons (Fsp3) is 0.588. The van der Waals surface area contributed by atoms with Gasteiger partial charge >= 0.3 is 0 Å². The van der Waals surface area contributed by atoms with Crippen molar-refractivity contribution in [2.75, 3.05) is 43.1 Å². The first-order valence-corrected chi connectivity index (χ1v) is 8.07. The molecule has 5 nitrogen and oxygen atoms in total. The maximum Gasteiger partial charge on any atom is 0.226 e. The highest BCUT2D eigenvalue weighted by Gasteiger charge is 2.20. The number of nitrogens with one attached hydrogen (secondary N) is 1. The maximum atomic E-state index is 12.0. The lowest BCUT2D eigenvalue weighted by Gasteiger charge is -2.34. The highest BCUT2D eigenvalue weighted by Crippen LogP contribution is 2.29. The zero-order valence-corrected chi connectivity index (χ0v) is 13.3. The number of hydrogen-bond acceptors (Lipinski definition) is 4. The number of aliphatic hydroxyl groups excluding tert-OH is 1. The molecule has 1 heterocycles. The van der Waals surface area contributed by atoms with Gasteiger partial charge in [-0.25, -0.2) is 0 Å². The van der Waals surface area contributed by atoms with Crippen LogP contribution >= 0.6 is 0 Å². The Bertz CT molecular complexity index is 471. The molecule has 1 fully saturated rings. The van der Waals surface area contributed by atoms with Gasteiger partial charge in [-0.05, 0) is 37.8 Å². The molecule has 122 valence electrons. The molecule has 0 spiro atoms. The Morgan fingerprint density at radius 1 is 1.36 bits per heavy atom. The number of carbonyl (C=O) groups is 1. The molecule has 0 unspecified atom stereocenters. The van der Waals surface area contributed by atoms with E-state index in [1.807, 2.05) is 31.2 Å². The van der Waals surface area contributed by atoms with Gasteiger partial charge in [0.1, 0.15) is 0 Å². The van der Waals surface area contributed by atoms with Crippen LogP contribution in [0.25, 0.3) is 0 Å². The van der Waals surface area contributed by atoms with Gasteiger partial charge in [-0.1, -0.05) is 12.1 Å². The Labute approximate surface area is 132 Å². The maximum absolute atomic E-state index is 12.0. The van der Waals surface area contributed by atoms with Crippen molar-refractivity contribution in [2.45, 2.75) is 26.2 Å². The van der Waals surface area contributed by atoms with Crippen LogP contribution in [0.1, 0.15) is 26.2 Å². The largest absolute Gasteiger partial charge is 0.396 e. The zero-order valence-electron chi connectivity index (χ0n) is 13.3. The molecule has 0 aliphatic carbocycles. The number of nitrogens with zero attached hydrogens (tertiary/aromatic N) is 1. The van der Waals surface area contributed by atoms with Crippen LogP contribution in [-0.4, -0.2) is 43.9 Å². The fourth-order valence-corrected chi connectivity index (χ4v) is 2.73. The first-order chi connectivity index (χ1) is 10.7. The predicted octanol–water partition coefficient (Wildman–Crippen LogP) is 2.26. The second kappa shape index (κ2) is 8.76. The lowest BCUT2D eigenvalue weighted by atomic mass is 9.97. The van der Waals surface area contributed by atoms with Crippen LogP contribution in [0.5, 0.6) is 0 Å². The number of piperidine rings is 1. The standard InChI is InChI=1S/C17H26N2O3/c1-2-22-12-9-17(21)18-15-5-3-4-6-16(15)19-10-7-14(13-20)8-11-19/h3-6,14,20H,2,7-13H2,1H3,(H,18,21). The van der Waals surface area contributed by atoms with E-state index in [0.717, 1.165) is 37.3 Å². The Morgan fingerprint density at radius 2 is 2.09 bits per heavy atom. The summed E-state index contributed by atoms with van der Waals surface area (Å²) in [7, 11) is 0. The third kappa shape index (κ3) is 4.71. The summed E-state index contributed by atoms with van der Waals surface area (Å²) in [6.07, 6.45) is 2.35. The molecule has 1 saturated heterocycles. The quantitative estimate of drug-likeness (QED) is 0.759. The molecule has 5 heteroatoms. The van der Waals surface area contributed by atoms with Gasteiger partial charge in [0.05, 0.1) is 24.4 Å². The van der Waals surface area contributed by atoms with Crippen molar-refractivity contribution in [1.82, 2.24) is 0 Å². The van der Waals surface area contributed by atoms with Crippen molar-refractivity contribution in [1.29, 1.82) is 0 Å². The molecule has 0 atom stereocenters. The lowest BCUT2D eigenvalue weighted by Crippen LogP contribution is -2.35. The van der Waals surface area contributed by atoms with Crippen LogP contribution < -0.4 is 10.2 Å². The molecule has 22 heavy (non-hydrogen) atoms. The highest BCUT2D eigenvalue weighted by atomic mass is 16.5. The minimum absolute atomic E-state index is 0.0221. The average Bonchev–Trinajstić information content (AvgIpc) is 2.56. The molecule has 2 rings (SSSR count). The number of carbonyl (C=O) groups excluding carboxylic acids is 1. The average molecular weight is 306 g/mol. The van der Waals surface area contributed by atoms with Crippen LogP contribution in [0.4, 0.5) is 11.4 Å².